The lowest BCUT2D eigenvalue weighted by Gasteiger charge is -2.22. The highest BCUT2D eigenvalue weighted by Gasteiger charge is 2.36. The molecule has 1 saturated heterocycles. The van der Waals surface area contributed by atoms with Gasteiger partial charge < -0.3 is 29.2 Å². The summed E-state index contributed by atoms with van der Waals surface area (Å²) in [6.45, 7) is 1.27. The first-order valence-corrected chi connectivity index (χ1v) is 9.32. The Balaban J connectivity index is 1.47. The molecule has 1 N–H and O–H groups in total. The standard InChI is InChI=1S/C21H22N2O6/c1-26-15-4-5-16(18(11-15)27-2)22-21(25)13-9-20(24)23(12-13)14-3-6-17-19(10-14)29-8-7-28-17/h3-6,10-11,13H,7-9,12H2,1-2H3,(H,22,25)/t13-/m0/s1. The van der Waals surface area contributed by atoms with Crippen LogP contribution >= 0.6 is 0 Å². The predicted octanol–water partition coefficient (Wildman–Crippen LogP) is 2.47. The van der Waals surface area contributed by atoms with Gasteiger partial charge in [0.05, 0.1) is 25.8 Å². The summed E-state index contributed by atoms with van der Waals surface area (Å²) in [6.07, 6.45) is 0.138. The van der Waals surface area contributed by atoms with Gasteiger partial charge in [0.1, 0.15) is 24.7 Å². The van der Waals surface area contributed by atoms with E-state index >= 15 is 0 Å². The lowest BCUT2D eigenvalue weighted by molar-refractivity contribution is -0.122. The van der Waals surface area contributed by atoms with Crippen LogP contribution in [0.1, 0.15) is 6.42 Å². The van der Waals surface area contributed by atoms with E-state index in [1.807, 2.05) is 0 Å². The molecule has 0 aromatic heterocycles. The van der Waals surface area contributed by atoms with Crippen molar-refractivity contribution in [3.05, 3.63) is 36.4 Å². The highest BCUT2D eigenvalue weighted by Crippen LogP contribution is 2.36. The number of ether oxygens (including phenoxy) is 4. The van der Waals surface area contributed by atoms with E-state index in [0.29, 0.717) is 54.1 Å². The summed E-state index contributed by atoms with van der Waals surface area (Å²) < 4.78 is 21.6. The summed E-state index contributed by atoms with van der Waals surface area (Å²) in [4.78, 5) is 26.9. The molecule has 2 aromatic rings. The summed E-state index contributed by atoms with van der Waals surface area (Å²) in [5.41, 5.74) is 1.22. The first-order chi connectivity index (χ1) is 14.1. The number of benzene rings is 2. The number of fused-ring (bicyclic) bond motifs is 1. The molecule has 0 bridgehead atoms. The largest absolute Gasteiger partial charge is 0.497 e. The van der Waals surface area contributed by atoms with Crippen molar-refractivity contribution in [3.8, 4) is 23.0 Å². The minimum atomic E-state index is -0.470. The van der Waals surface area contributed by atoms with Gasteiger partial charge in [-0.3, -0.25) is 9.59 Å². The molecule has 0 saturated carbocycles. The van der Waals surface area contributed by atoms with Gasteiger partial charge in [-0.15, -0.1) is 0 Å². The van der Waals surface area contributed by atoms with Crippen LogP contribution in [0.5, 0.6) is 23.0 Å². The van der Waals surface area contributed by atoms with Gasteiger partial charge in [0.15, 0.2) is 11.5 Å². The van der Waals surface area contributed by atoms with Gasteiger partial charge in [0.2, 0.25) is 11.8 Å². The first-order valence-electron chi connectivity index (χ1n) is 9.32. The maximum atomic E-state index is 12.8. The number of nitrogens with zero attached hydrogens (tertiary/aromatic N) is 1. The van der Waals surface area contributed by atoms with Gasteiger partial charge in [-0.2, -0.15) is 0 Å². The van der Waals surface area contributed by atoms with Gasteiger partial charge >= 0.3 is 0 Å². The van der Waals surface area contributed by atoms with Gasteiger partial charge in [-0.25, -0.2) is 0 Å². The van der Waals surface area contributed by atoms with E-state index in [-0.39, 0.29) is 18.2 Å². The Morgan fingerprint density at radius 3 is 2.62 bits per heavy atom. The molecular weight excluding hydrogens is 376 g/mol. The van der Waals surface area contributed by atoms with Gasteiger partial charge in [0.25, 0.3) is 0 Å². The fourth-order valence-electron chi connectivity index (χ4n) is 3.47. The molecule has 0 aliphatic carbocycles. The lowest BCUT2D eigenvalue weighted by Crippen LogP contribution is -2.28. The van der Waals surface area contributed by atoms with E-state index < -0.39 is 5.92 Å². The third-order valence-electron chi connectivity index (χ3n) is 5.00. The van der Waals surface area contributed by atoms with E-state index in [2.05, 4.69) is 5.32 Å². The van der Waals surface area contributed by atoms with Crippen LogP contribution in [0.25, 0.3) is 0 Å². The van der Waals surface area contributed by atoms with Crippen LogP contribution in [-0.2, 0) is 9.59 Å². The molecule has 1 fully saturated rings. The Morgan fingerprint density at radius 1 is 1.07 bits per heavy atom. The summed E-state index contributed by atoms with van der Waals surface area (Å²) in [5.74, 6) is 1.57. The topological polar surface area (TPSA) is 86.3 Å². The van der Waals surface area contributed by atoms with E-state index in [1.54, 1.807) is 48.4 Å². The first kappa shape index (κ1) is 18.9. The van der Waals surface area contributed by atoms with Crippen molar-refractivity contribution in [3.63, 3.8) is 0 Å². The van der Waals surface area contributed by atoms with Crippen LogP contribution in [0.2, 0.25) is 0 Å². The molecule has 4 rings (SSSR count). The lowest BCUT2D eigenvalue weighted by atomic mass is 10.1. The van der Waals surface area contributed by atoms with Crippen molar-refractivity contribution >= 4 is 23.2 Å². The Bertz CT molecular complexity index is 945. The summed E-state index contributed by atoms with van der Waals surface area (Å²) >= 11 is 0. The van der Waals surface area contributed by atoms with Crippen molar-refractivity contribution in [2.24, 2.45) is 5.92 Å². The minimum Gasteiger partial charge on any atom is -0.497 e. The molecule has 2 aliphatic heterocycles. The van der Waals surface area contributed by atoms with Crippen molar-refractivity contribution < 1.29 is 28.5 Å². The van der Waals surface area contributed by atoms with Crippen LogP contribution in [0.15, 0.2) is 36.4 Å². The zero-order valence-corrected chi connectivity index (χ0v) is 16.3. The Labute approximate surface area is 168 Å². The number of carbonyl (C=O) groups is 2. The SMILES string of the molecule is COc1ccc(NC(=O)[C@H]2CC(=O)N(c3ccc4c(c3)OCCO4)C2)c(OC)c1. The fourth-order valence-corrected chi connectivity index (χ4v) is 3.47. The second-order valence-corrected chi connectivity index (χ2v) is 6.79. The van der Waals surface area contributed by atoms with Crippen molar-refractivity contribution in [1.29, 1.82) is 0 Å². The van der Waals surface area contributed by atoms with Gasteiger partial charge in [0, 0.05) is 30.8 Å². The molecule has 8 nitrogen and oxygen atoms in total. The van der Waals surface area contributed by atoms with E-state index in [0.717, 1.165) is 0 Å². The summed E-state index contributed by atoms with van der Waals surface area (Å²) in [5, 5.41) is 2.85. The Kier molecular flexibility index (Phi) is 5.16. The zero-order chi connectivity index (χ0) is 20.4. The predicted molar refractivity (Wildman–Crippen MR) is 106 cm³/mol. The highest BCUT2D eigenvalue weighted by atomic mass is 16.6. The van der Waals surface area contributed by atoms with Crippen LogP contribution < -0.4 is 29.2 Å². The molecule has 29 heavy (non-hydrogen) atoms. The molecule has 0 unspecified atom stereocenters. The van der Waals surface area contributed by atoms with Crippen LogP contribution in [0.4, 0.5) is 11.4 Å². The maximum absolute atomic E-state index is 12.8. The number of nitrogens with one attached hydrogen (secondary N) is 1. The molecule has 2 amide bonds. The number of anilines is 2. The van der Waals surface area contributed by atoms with Crippen LogP contribution in [0, 0.1) is 5.92 Å². The molecule has 2 aliphatic rings. The average Bonchev–Trinajstić information content (AvgIpc) is 3.15. The quantitative estimate of drug-likeness (QED) is 0.833. The minimum absolute atomic E-state index is 0.108. The molecular formula is C21H22N2O6. The summed E-state index contributed by atoms with van der Waals surface area (Å²) in [6, 6.07) is 10.5. The van der Waals surface area contributed by atoms with Crippen molar-refractivity contribution in [2.75, 3.05) is 44.2 Å². The number of hydrogen-bond donors (Lipinski definition) is 1. The highest BCUT2D eigenvalue weighted by molar-refractivity contribution is 6.04. The van der Waals surface area contributed by atoms with Crippen molar-refractivity contribution in [1.82, 2.24) is 0 Å². The molecule has 1 atom stereocenters. The third-order valence-corrected chi connectivity index (χ3v) is 5.00. The van der Waals surface area contributed by atoms with E-state index in [1.165, 1.54) is 7.11 Å². The Morgan fingerprint density at radius 2 is 1.86 bits per heavy atom. The molecule has 8 heteroatoms. The Hall–Kier alpha value is -3.42. The van der Waals surface area contributed by atoms with Gasteiger partial charge in [-0.1, -0.05) is 0 Å². The van der Waals surface area contributed by atoms with Crippen molar-refractivity contribution in [2.45, 2.75) is 6.42 Å². The number of methoxy groups -OCH3 is 2. The van der Waals surface area contributed by atoms with Crippen LogP contribution in [0.3, 0.4) is 0 Å². The number of rotatable bonds is 5. The number of carbonyl (C=O) groups excluding carboxylic acids is 2. The fraction of sp³-hybridized carbons (Fsp3) is 0.333. The average molecular weight is 398 g/mol. The summed E-state index contributed by atoms with van der Waals surface area (Å²) in [7, 11) is 3.08. The maximum Gasteiger partial charge on any atom is 0.229 e. The third kappa shape index (κ3) is 3.78. The molecule has 0 radical (unpaired) electrons. The molecule has 0 spiro atoms. The number of hydrogen-bond acceptors (Lipinski definition) is 6. The molecule has 152 valence electrons. The second kappa shape index (κ2) is 7.90. The van der Waals surface area contributed by atoms with Gasteiger partial charge in [-0.05, 0) is 24.3 Å². The zero-order valence-electron chi connectivity index (χ0n) is 16.3. The normalized spacial score (nSPS) is 17.8. The molecule has 2 aromatic carbocycles. The smallest absolute Gasteiger partial charge is 0.229 e. The van der Waals surface area contributed by atoms with E-state index in [4.69, 9.17) is 18.9 Å². The number of amides is 2. The second-order valence-electron chi connectivity index (χ2n) is 6.79. The van der Waals surface area contributed by atoms with E-state index in [9.17, 15) is 9.59 Å². The molecule has 2 heterocycles. The van der Waals surface area contributed by atoms with Crippen LogP contribution in [-0.4, -0.2) is 45.8 Å². The monoisotopic (exact) mass is 398 g/mol.